The Balaban J connectivity index is 0.00000121. The van der Waals surface area contributed by atoms with Crippen molar-refractivity contribution in [2.75, 3.05) is 12.5 Å². The van der Waals surface area contributed by atoms with E-state index in [1.165, 1.54) is 12.8 Å². The van der Waals surface area contributed by atoms with E-state index < -0.39 is 0 Å². The first-order valence-corrected chi connectivity index (χ1v) is 3.13. The summed E-state index contributed by atoms with van der Waals surface area (Å²) in [5.74, 6) is 0.595. The van der Waals surface area contributed by atoms with Gasteiger partial charge in [-0.25, -0.2) is 0 Å². The number of hydrazine groups is 1. The Labute approximate surface area is 80.6 Å². The molecule has 0 aromatic heterocycles. The fourth-order valence-electron chi connectivity index (χ4n) is 0.799. The zero-order valence-electron chi connectivity index (χ0n) is 6.50. The predicted molar refractivity (Wildman–Crippen MR) is 51.2 cm³/mol. The van der Waals surface area contributed by atoms with E-state index in [9.17, 15) is 4.48 Å². The quantitative estimate of drug-likeness (QED) is 0.623. The highest BCUT2D eigenvalue weighted by Gasteiger charge is 1.97. The van der Waals surface area contributed by atoms with Crippen LogP contribution in [0.4, 0.5) is 10.2 Å². The van der Waals surface area contributed by atoms with Gasteiger partial charge in [-0.3, -0.25) is 5.43 Å². The molecule has 0 heterocycles. The molecule has 0 unspecified atom stereocenters. The van der Waals surface area contributed by atoms with Gasteiger partial charge in [0, 0.05) is 0 Å². The molecule has 0 fully saturated rings. The summed E-state index contributed by atoms with van der Waals surface area (Å²) in [7, 11) is 1.53. The zero-order valence-corrected chi connectivity index (χ0v) is 8.22. The summed E-state index contributed by atoms with van der Waals surface area (Å²) < 4.78 is 16.5. The fourth-order valence-corrected chi connectivity index (χ4v) is 0.799. The van der Waals surface area contributed by atoms with Gasteiger partial charge in [-0.05, 0) is 12.1 Å². The topological polar surface area (TPSA) is 33.3 Å². The lowest BCUT2D eigenvalue weighted by Crippen LogP contribution is -2.10. The number of para-hydroxylation sites is 2. The van der Waals surface area contributed by atoms with Gasteiger partial charge in [0.05, 0.1) is 12.8 Å². The van der Waals surface area contributed by atoms with Gasteiger partial charge in [-0.15, -0.1) is 21.5 Å². The van der Waals surface area contributed by atoms with Crippen LogP contribution in [0.5, 0.6) is 5.75 Å². The minimum atomic E-state index is 0. The average Bonchev–Trinajstić information content (AvgIpc) is 2.06. The van der Waals surface area contributed by atoms with Crippen molar-refractivity contribution in [3.63, 3.8) is 0 Å². The van der Waals surface area contributed by atoms with E-state index in [-0.39, 0.29) is 17.0 Å². The molecule has 0 saturated carbocycles. The summed E-state index contributed by atoms with van der Waals surface area (Å²) in [4.78, 5) is 0. The average molecular weight is 237 g/mol. The van der Waals surface area contributed by atoms with Gasteiger partial charge in [0.2, 0.25) is 0 Å². The van der Waals surface area contributed by atoms with Gasteiger partial charge >= 0.3 is 0 Å². The molecule has 0 saturated heterocycles. The lowest BCUT2D eigenvalue weighted by atomic mass is 10.3. The zero-order chi connectivity index (χ0) is 8.10. The van der Waals surface area contributed by atoms with E-state index in [0.717, 1.165) is 0 Å². The van der Waals surface area contributed by atoms with Crippen LogP contribution in [0, 0.1) is 0 Å². The summed E-state index contributed by atoms with van der Waals surface area (Å²) >= 11 is 0. The normalized spacial score (nSPS) is 8.50. The van der Waals surface area contributed by atoms with E-state index in [2.05, 4.69) is 5.43 Å². The maximum Gasteiger partial charge on any atom is 0.143 e. The summed E-state index contributed by atoms with van der Waals surface area (Å²) in [6, 6.07) is 7.02. The predicted octanol–water partition coefficient (Wildman–Crippen LogP) is 2.07. The largest absolute Gasteiger partial charge is 0.495 e. The SMILES string of the molecule is Br.COc1ccccc1NNF. The third-order valence-electron chi connectivity index (χ3n) is 1.29. The molecule has 1 aromatic carbocycles. The number of hydrogen-bond donors (Lipinski definition) is 2. The summed E-state index contributed by atoms with van der Waals surface area (Å²) in [6.45, 7) is 0. The second-order valence-corrected chi connectivity index (χ2v) is 1.92. The summed E-state index contributed by atoms with van der Waals surface area (Å²) in [6.07, 6.45) is 0. The highest BCUT2D eigenvalue weighted by atomic mass is 79.9. The van der Waals surface area contributed by atoms with Crippen molar-refractivity contribution in [3.05, 3.63) is 24.3 Å². The van der Waals surface area contributed by atoms with Crippen LogP contribution in [0.3, 0.4) is 0 Å². The molecule has 0 aliphatic carbocycles. The monoisotopic (exact) mass is 236 g/mol. The molecule has 0 aliphatic rings. The maximum absolute atomic E-state index is 11.6. The van der Waals surface area contributed by atoms with Crippen LogP contribution in [0.2, 0.25) is 0 Å². The molecule has 5 heteroatoms. The number of benzene rings is 1. The lowest BCUT2D eigenvalue weighted by Gasteiger charge is -2.06. The molecule has 68 valence electrons. The third-order valence-corrected chi connectivity index (χ3v) is 1.29. The van der Waals surface area contributed by atoms with Crippen molar-refractivity contribution < 1.29 is 9.22 Å². The lowest BCUT2D eigenvalue weighted by molar-refractivity contribution is 0.370. The van der Waals surface area contributed by atoms with E-state index in [1.807, 2.05) is 6.07 Å². The number of nitrogens with one attached hydrogen (secondary N) is 2. The number of hydrogen-bond acceptors (Lipinski definition) is 3. The van der Waals surface area contributed by atoms with Gasteiger partial charge in [0.15, 0.2) is 0 Å². The molecule has 0 spiro atoms. The van der Waals surface area contributed by atoms with Crippen LogP contribution in [0.25, 0.3) is 0 Å². The first kappa shape index (κ1) is 11.2. The fraction of sp³-hybridized carbons (Fsp3) is 0.143. The molecule has 0 atom stereocenters. The standard InChI is InChI=1S/C7H9FN2O.BrH/c1-11-7-5-3-2-4-6(7)9-10-8;/h2-5,9-10H,1H3;1H. The summed E-state index contributed by atoms with van der Waals surface area (Å²) in [5, 5.41) is 0. The van der Waals surface area contributed by atoms with Gasteiger partial charge < -0.3 is 4.74 Å². The first-order valence-electron chi connectivity index (χ1n) is 3.13. The summed E-state index contributed by atoms with van der Waals surface area (Å²) in [5.41, 5.74) is 4.18. The van der Waals surface area contributed by atoms with E-state index in [4.69, 9.17) is 4.74 Å². The van der Waals surface area contributed by atoms with E-state index in [0.29, 0.717) is 11.4 Å². The van der Waals surface area contributed by atoms with Gasteiger partial charge in [-0.1, -0.05) is 17.8 Å². The Kier molecular flexibility index (Phi) is 5.40. The van der Waals surface area contributed by atoms with Crippen molar-refractivity contribution in [1.82, 2.24) is 5.65 Å². The minimum Gasteiger partial charge on any atom is -0.495 e. The second-order valence-electron chi connectivity index (χ2n) is 1.92. The van der Waals surface area contributed by atoms with Crippen LogP contribution < -0.4 is 15.8 Å². The maximum atomic E-state index is 11.6. The van der Waals surface area contributed by atoms with Crippen LogP contribution in [-0.4, -0.2) is 7.11 Å². The molecule has 0 aliphatic heterocycles. The van der Waals surface area contributed by atoms with Gasteiger partial charge in [0.1, 0.15) is 5.75 Å². The number of methoxy groups -OCH3 is 1. The minimum absolute atomic E-state index is 0. The molecule has 0 bridgehead atoms. The molecule has 1 rings (SSSR count). The van der Waals surface area contributed by atoms with Crippen molar-refractivity contribution in [3.8, 4) is 5.75 Å². The number of ether oxygens (including phenoxy) is 1. The van der Waals surface area contributed by atoms with Crippen molar-refractivity contribution in [2.24, 2.45) is 0 Å². The van der Waals surface area contributed by atoms with E-state index in [1.54, 1.807) is 18.2 Å². The van der Waals surface area contributed by atoms with Crippen molar-refractivity contribution in [2.45, 2.75) is 0 Å². The highest BCUT2D eigenvalue weighted by Crippen LogP contribution is 2.21. The first-order chi connectivity index (χ1) is 5.38. The van der Waals surface area contributed by atoms with Crippen LogP contribution >= 0.6 is 17.0 Å². The molecule has 3 nitrogen and oxygen atoms in total. The van der Waals surface area contributed by atoms with Crippen LogP contribution in [-0.2, 0) is 0 Å². The van der Waals surface area contributed by atoms with Gasteiger partial charge in [0.25, 0.3) is 0 Å². The van der Waals surface area contributed by atoms with Crippen LogP contribution in [0.15, 0.2) is 24.3 Å². The molecule has 2 N–H and O–H groups in total. The van der Waals surface area contributed by atoms with E-state index >= 15 is 0 Å². The highest BCUT2D eigenvalue weighted by molar-refractivity contribution is 8.93. The molecule has 0 radical (unpaired) electrons. The van der Waals surface area contributed by atoms with Crippen molar-refractivity contribution >= 4 is 22.7 Å². The molecule has 12 heavy (non-hydrogen) atoms. The Morgan fingerprint density at radius 2 is 2.00 bits per heavy atom. The number of rotatable bonds is 3. The Bertz CT molecular complexity index is 234. The Hall–Kier alpha value is -0.810. The van der Waals surface area contributed by atoms with Gasteiger partial charge in [-0.2, -0.15) is 0 Å². The Morgan fingerprint density at radius 3 is 2.58 bits per heavy atom. The number of halogens is 2. The second kappa shape index (κ2) is 5.79. The third kappa shape index (κ3) is 2.67. The molecule has 0 amide bonds. The molecular formula is C7H10BrFN2O. The Morgan fingerprint density at radius 1 is 1.33 bits per heavy atom. The molecule has 1 aromatic rings. The smallest absolute Gasteiger partial charge is 0.143 e. The van der Waals surface area contributed by atoms with Crippen LogP contribution in [0.1, 0.15) is 0 Å². The van der Waals surface area contributed by atoms with Crippen molar-refractivity contribution in [1.29, 1.82) is 0 Å². The molecular weight excluding hydrogens is 227 g/mol. The number of anilines is 1.